The van der Waals surface area contributed by atoms with Crippen LogP contribution in [0.25, 0.3) is 0 Å². The number of benzene rings is 1. The molecule has 2 bridgehead atoms. The van der Waals surface area contributed by atoms with Crippen LogP contribution in [0.4, 0.5) is 5.69 Å². The van der Waals surface area contributed by atoms with E-state index in [1.54, 1.807) is 0 Å². The molecule has 1 aromatic carbocycles. The van der Waals surface area contributed by atoms with Crippen molar-refractivity contribution in [3.8, 4) is 5.75 Å². The molecule has 1 aromatic rings. The molecule has 0 radical (unpaired) electrons. The zero-order valence-electron chi connectivity index (χ0n) is 14.6. The van der Waals surface area contributed by atoms with Gasteiger partial charge in [-0.3, -0.25) is 4.79 Å². The van der Waals surface area contributed by atoms with E-state index in [1.807, 2.05) is 32.0 Å². The molecule has 4 nitrogen and oxygen atoms in total. The maximum absolute atomic E-state index is 12.7. The van der Waals surface area contributed by atoms with Gasteiger partial charge >= 0.3 is 0 Å². The van der Waals surface area contributed by atoms with Gasteiger partial charge < -0.3 is 15.8 Å². The Bertz CT molecular complexity index is 564. The Kier molecular flexibility index (Phi) is 6.53. The number of carbonyl (C=O) groups is 1. The molecule has 2 unspecified atom stereocenters. The molecule has 0 aromatic heterocycles. The summed E-state index contributed by atoms with van der Waals surface area (Å²) in [7, 11) is 0. The fraction of sp³-hybridized carbons (Fsp3) is 0.632. The highest BCUT2D eigenvalue weighted by Gasteiger charge is 2.40. The summed E-state index contributed by atoms with van der Waals surface area (Å²) in [5, 5.41) is 3.12. The fourth-order valence-electron chi connectivity index (χ4n) is 4.27. The van der Waals surface area contributed by atoms with Crippen molar-refractivity contribution in [2.75, 3.05) is 11.9 Å². The van der Waals surface area contributed by atoms with Crippen LogP contribution in [-0.4, -0.2) is 18.6 Å². The van der Waals surface area contributed by atoms with Crippen LogP contribution in [0.2, 0.25) is 0 Å². The highest BCUT2D eigenvalue weighted by atomic mass is 35.5. The maximum atomic E-state index is 12.7. The third-order valence-corrected chi connectivity index (χ3v) is 5.55. The summed E-state index contributed by atoms with van der Waals surface area (Å²) < 4.78 is 5.50. The van der Waals surface area contributed by atoms with Gasteiger partial charge in [0.2, 0.25) is 5.91 Å². The highest BCUT2D eigenvalue weighted by molar-refractivity contribution is 5.93. The Hall–Kier alpha value is -1.26. The molecule has 3 N–H and O–H groups in total. The molecule has 2 aliphatic rings. The first kappa shape index (κ1) is 19.1. The van der Waals surface area contributed by atoms with Crippen molar-refractivity contribution < 1.29 is 9.53 Å². The number of hydrogen-bond donors (Lipinski definition) is 2. The van der Waals surface area contributed by atoms with E-state index in [1.165, 1.54) is 19.3 Å². The average Bonchev–Trinajstić information content (AvgIpc) is 2.50. The lowest BCUT2D eigenvalue weighted by atomic mass is 9.65. The quantitative estimate of drug-likeness (QED) is 0.863. The van der Waals surface area contributed by atoms with E-state index in [0.29, 0.717) is 24.5 Å². The summed E-state index contributed by atoms with van der Waals surface area (Å²) in [5.74, 6) is 2.16. The summed E-state index contributed by atoms with van der Waals surface area (Å²) in [4.78, 5) is 12.7. The third-order valence-electron chi connectivity index (χ3n) is 5.55. The molecular formula is C19H29ClN2O2. The minimum Gasteiger partial charge on any atom is -0.494 e. The lowest BCUT2D eigenvalue weighted by Crippen LogP contribution is -2.48. The molecular weight excluding hydrogens is 324 g/mol. The second-order valence-electron chi connectivity index (χ2n) is 7.10. The van der Waals surface area contributed by atoms with Gasteiger partial charge in [0.05, 0.1) is 6.61 Å². The van der Waals surface area contributed by atoms with Crippen LogP contribution in [0.1, 0.15) is 44.6 Å². The first-order valence-corrected chi connectivity index (χ1v) is 8.88. The smallest absolute Gasteiger partial charge is 0.227 e. The van der Waals surface area contributed by atoms with Gasteiger partial charge in [0, 0.05) is 17.6 Å². The van der Waals surface area contributed by atoms with Gasteiger partial charge in [-0.1, -0.05) is 6.42 Å². The molecule has 0 aliphatic heterocycles. The Morgan fingerprint density at radius 1 is 1.29 bits per heavy atom. The predicted molar refractivity (Wildman–Crippen MR) is 99.8 cm³/mol. The molecule has 2 atom stereocenters. The lowest BCUT2D eigenvalue weighted by molar-refractivity contribution is -0.122. The molecule has 134 valence electrons. The normalized spacial score (nSPS) is 28.6. The summed E-state index contributed by atoms with van der Waals surface area (Å²) in [5.41, 5.74) is 8.25. The van der Waals surface area contributed by atoms with E-state index in [4.69, 9.17) is 10.5 Å². The maximum Gasteiger partial charge on any atom is 0.227 e. The van der Waals surface area contributed by atoms with Gasteiger partial charge in [0.1, 0.15) is 5.75 Å². The van der Waals surface area contributed by atoms with Gasteiger partial charge in [0.25, 0.3) is 0 Å². The Morgan fingerprint density at radius 3 is 2.54 bits per heavy atom. The minimum absolute atomic E-state index is 0. The van der Waals surface area contributed by atoms with Crippen LogP contribution in [-0.2, 0) is 4.79 Å². The van der Waals surface area contributed by atoms with Crippen LogP contribution in [0.5, 0.6) is 5.75 Å². The summed E-state index contributed by atoms with van der Waals surface area (Å²) in [6.45, 7) is 4.62. The molecule has 24 heavy (non-hydrogen) atoms. The monoisotopic (exact) mass is 352 g/mol. The SMILES string of the molecule is CCOc1ccc(NC(=O)C2CC3CCCC(C2)C3N)c(C)c1.Cl. The summed E-state index contributed by atoms with van der Waals surface area (Å²) in [6, 6.07) is 6.13. The molecule has 1 amide bonds. The van der Waals surface area contributed by atoms with Gasteiger partial charge in [-0.25, -0.2) is 0 Å². The van der Waals surface area contributed by atoms with E-state index in [-0.39, 0.29) is 24.2 Å². The largest absolute Gasteiger partial charge is 0.494 e. The van der Waals surface area contributed by atoms with Crippen LogP contribution in [0.3, 0.4) is 0 Å². The molecule has 0 spiro atoms. The van der Waals surface area contributed by atoms with Crippen molar-refractivity contribution >= 4 is 24.0 Å². The standard InChI is InChI=1S/C19H28N2O2.ClH/c1-3-23-16-7-8-17(12(2)9-16)21-19(22)15-10-13-5-4-6-14(11-15)18(13)20;/h7-9,13-15,18H,3-6,10-11,20H2,1-2H3,(H,21,22);1H. The Morgan fingerprint density at radius 2 is 1.96 bits per heavy atom. The van der Waals surface area contributed by atoms with E-state index >= 15 is 0 Å². The van der Waals surface area contributed by atoms with Crippen molar-refractivity contribution in [2.24, 2.45) is 23.5 Å². The Labute approximate surface area is 150 Å². The second-order valence-corrected chi connectivity index (χ2v) is 7.10. The number of nitrogens with one attached hydrogen (secondary N) is 1. The molecule has 2 aliphatic carbocycles. The number of halogens is 1. The number of fused-ring (bicyclic) bond motifs is 2. The number of anilines is 1. The number of amides is 1. The number of nitrogens with two attached hydrogens (primary N) is 1. The van der Waals surface area contributed by atoms with Crippen molar-refractivity contribution in [3.63, 3.8) is 0 Å². The third kappa shape index (κ3) is 4.04. The number of ether oxygens (including phenoxy) is 1. The average molecular weight is 353 g/mol. The molecule has 3 rings (SSSR count). The summed E-state index contributed by atoms with van der Waals surface area (Å²) >= 11 is 0. The fourth-order valence-corrected chi connectivity index (χ4v) is 4.27. The highest BCUT2D eigenvalue weighted by Crippen LogP contribution is 2.42. The van der Waals surface area contributed by atoms with E-state index < -0.39 is 0 Å². The molecule has 2 saturated carbocycles. The van der Waals surface area contributed by atoms with E-state index in [2.05, 4.69) is 5.32 Å². The van der Waals surface area contributed by atoms with E-state index in [9.17, 15) is 4.79 Å². The van der Waals surface area contributed by atoms with Gasteiger partial charge in [-0.15, -0.1) is 12.4 Å². The van der Waals surface area contributed by atoms with Gasteiger partial charge in [-0.05, 0) is 75.1 Å². The summed E-state index contributed by atoms with van der Waals surface area (Å²) in [6.07, 6.45) is 5.53. The van der Waals surface area contributed by atoms with E-state index in [0.717, 1.165) is 29.8 Å². The molecule has 5 heteroatoms. The number of aryl methyl sites for hydroxylation is 1. The van der Waals surface area contributed by atoms with Crippen molar-refractivity contribution in [3.05, 3.63) is 23.8 Å². The van der Waals surface area contributed by atoms with Crippen molar-refractivity contribution in [1.29, 1.82) is 0 Å². The van der Waals surface area contributed by atoms with Gasteiger partial charge in [-0.2, -0.15) is 0 Å². The molecule has 2 fully saturated rings. The van der Waals surface area contributed by atoms with Crippen LogP contribution in [0.15, 0.2) is 18.2 Å². The molecule has 0 heterocycles. The first-order valence-electron chi connectivity index (χ1n) is 8.88. The number of hydrogen-bond acceptors (Lipinski definition) is 3. The number of carbonyl (C=O) groups excluding carboxylic acids is 1. The first-order chi connectivity index (χ1) is 11.1. The predicted octanol–water partition coefficient (Wildman–Crippen LogP) is 3.91. The van der Waals surface area contributed by atoms with Crippen molar-refractivity contribution in [2.45, 2.75) is 52.0 Å². The zero-order valence-corrected chi connectivity index (χ0v) is 15.4. The topological polar surface area (TPSA) is 64.3 Å². The second kappa shape index (κ2) is 8.21. The van der Waals surface area contributed by atoms with Crippen LogP contribution in [0, 0.1) is 24.7 Å². The van der Waals surface area contributed by atoms with Crippen LogP contribution < -0.4 is 15.8 Å². The minimum atomic E-state index is 0. The van der Waals surface area contributed by atoms with Crippen molar-refractivity contribution in [1.82, 2.24) is 0 Å². The lowest BCUT2D eigenvalue weighted by Gasteiger charge is -2.43. The number of rotatable bonds is 4. The van der Waals surface area contributed by atoms with Gasteiger partial charge in [0.15, 0.2) is 0 Å². The van der Waals surface area contributed by atoms with Crippen LogP contribution >= 0.6 is 12.4 Å². The molecule has 0 saturated heterocycles. The Balaban J connectivity index is 0.00000208. The zero-order chi connectivity index (χ0) is 16.4.